The van der Waals surface area contributed by atoms with Crippen molar-refractivity contribution in [3.8, 4) is 0 Å². The van der Waals surface area contributed by atoms with E-state index in [1.807, 2.05) is 6.92 Å². The molecule has 0 aromatic carbocycles. The van der Waals surface area contributed by atoms with Crippen LogP contribution in [0.4, 0.5) is 0 Å². The highest BCUT2D eigenvalue weighted by molar-refractivity contribution is 5.67. The molecule has 4 heteroatoms. The van der Waals surface area contributed by atoms with Crippen molar-refractivity contribution < 1.29 is 19.1 Å². The summed E-state index contributed by atoms with van der Waals surface area (Å²) in [6.45, 7) is 18.1. The molecule has 2 fully saturated rings. The van der Waals surface area contributed by atoms with Crippen LogP contribution in [0.2, 0.25) is 0 Å². The molecule has 5 atom stereocenters. The van der Waals surface area contributed by atoms with E-state index in [0.717, 1.165) is 25.7 Å². The van der Waals surface area contributed by atoms with Gasteiger partial charge < -0.3 is 9.47 Å². The van der Waals surface area contributed by atoms with Crippen LogP contribution >= 0.6 is 0 Å². The molecule has 0 amide bonds. The second kappa shape index (κ2) is 7.84. The predicted octanol–water partition coefficient (Wildman–Crippen LogP) is 5.84. The van der Waals surface area contributed by atoms with Gasteiger partial charge in [-0.05, 0) is 75.2 Å². The van der Waals surface area contributed by atoms with Crippen LogP contribution in [0, 0.1) is 22.7 Å². The Morgan fingerprint density at radius 3 is 2.29 bits per heavy atom. The normalized spacial score (nSPS) is 36.5. The summed E-state index contributed by atoms with van der Waals surface area (Å²) in [6.07, 6.45) is 8.83. The summed E-state index contributed by atoms with van der Waals surface area (Å²) in [7, 11) is 0. The largest absolute Gasteiger partial charge is 0.459 e. The van der Waals surface area contributed by atoms with Gasteiger partial charge in [-0.25, -0.2) is 0 Å². The van der Waals surface area contributed by atoms with E-state index in [1.54, 1.807) is 6.08 Å². The summed E-state index contributed by atoms with van der Waals surface area (Å²) >= 11 is 0. The number of rotatable bonds is 6. The Kier molecular flexibility index (Phi) is 6.43. The first-order valence-electron chi connectivity index (χ1n) is 10.8. The Hall–Kier alpha value is -1.32. The molecule has 0 aromatic rings. The number of ether oxygens (including phenoxy) is 2. The fourth-order valence-electron chi connectivity index (χ4n) is 6.65. The maximum atomic E-state index is 11.9. The van der Waals surface area contributed by atoms with Gasteiger partial charge in [-0.3, -0.25) is 9.59 Å². The van der Waals surface area contributed by atoms with Gasteiger partial charge in [0.1, 0.15) is 11.2 Å². The van der Waals surface area contributed by atoms with E-state index in [-0.39, 0.29) is 23.3 Å². The molecular formula is C24H40O4. The number of carbonyl (C=O) groups excluding carboxylic acids is 2. The third-order valence-electron chi connectivity index (χ3n) is 7.85. The summed E-state index contributed by atoms with van der Waals surface area (Å²) in [5, 5.41) is 0. The van der Waals surface area contributed by atoms with Crippen LogP contribution in [0.1, 0.15) is 93.4 Å². The minimum absolute atomic E-state index is 0.0997. The molecule has 0 heterocycles. The molecule has 2 rings (SSSR count). The molecular weight excluding hydrogens is 352 g/mol. The van der Waals surface area contributed by atoms with Gasteiger partial charge in [-0.15, -0.1) is 0 Å². The zero-order valence-corrected chi connectivity index (χ0v) is 19.0. The van der Waals surface area contributed by atoms with Crippen molar-refractivity contribution in [3.05, 3.63) is 12.7 Å². The standard InChI is InChI=1S/C24H40O4/c1-9-22(6,27-17(2)25)15-11-20-23(7)14-10-13-21(4,5)19(23)12-16-24(20,8)28-18(3)26/h9,19-20H,1,10-16H2,2-8H3/t19-,20+,22-,23-,24+/m0/s1. The lowest BCUT2D eigenvalue weighted by Crippen LogP contribution is -2.59. The first-order chi connectivity index (χ1) is 12.8. The number of hydrogen-bond acceptors (Lipinski definition) is 4. The Balaban J connectivity index is 2.37. The number of carbonyl (C=O) groups is 2. The van der Waals surface area contributed by atoms with Crippen LogP contribution in [0.15, 0.2) is 12.7 Å². The van der Waals surface area contributed by atoms with Gasteiger partial charge in [0.15, 0.2) is 0 Å². The molecule has 160 valence electrons. The third-order valence-corrected chi connectivity index (χ3v) is 7.85. The molecule has 4 nitrogen and oxygen atoms in total. The molecule has 2 saturated carbocycles. The van der Waals surface area contributed by atoms with Crippen LogP contribution < -0.4 is 0 Å². The minimum atomic E-state index is -0.698. The molecule has 0 N–H and O–H groups in total. The lowest BCUT2D eigenvalue weighted by molar-refractivity contribution is -0.201. The van der Waals surface area contributed by atoms with Crippen LogP contribution in [0.5, 0.6) is 0 Å². The van der Waals surface area contributed by atoms with Gasteiger partial charge in [-0.2, -0.15) is 0 Å². The SMILES string of the molecule is C=C[C@@](C)(CC[C@@H]1[C@@]2(C)CCCC(C)(C)[C@@H]2CC[C@@]1(C)OC(C)=O)OC(C)=O. The molecule has 0 unspecified atom stereocenters. The summed E-state index contributed by atoms with van der Waals surface area (Å²) in [4.78, 5) is 23.5. The van der Waals surface area contributed by atoms with E-state index in [0.29, 0.717) is 17.8 Å². The molecule has 0 spiro atoms. The number of hydrogen-bond donors (Lipinski definition) is 0. The number of esters is 2. The summed E-state index contributed by atoms with van der Waals surface area (Å²) in [5.74, 6) is 0.316. The van der Waals surface area contributed by atoms with E-state index in [1.165, 1.54) is 26.7 Å². The highest BCUT2D eigenvalue weighted by atomic mass is 16.6. The average molecular weight is 393 g/mol. The molecule has 0 radical (unpaired) electrons. The predicted molar refractivity (Wildman–Crippen MR) is 112 cm³/mol. The van der Waals surface area contributed by atoms with Gasteiger partial charge in [0.25, 0.3) is 0 Å². The van der Waals surface area contributed by atoms with Gasteiger partial charge in [-0.1, -0.05) is 33.8 Å². The van der Waals surface area contributed by atoms with Crippen LogP contribution in [0.3, 0.4) is 0 Å². The van der Waals surface area contributed by atoms with Gasteiger partial charge in [0, 0.05) is 19.8 Å². The van der Waals surface area contributed by atoms with Crippen LogP contribution in [0.25, 0.3) is 0 Å². The molecule has 2 aliphatic rings. The van der Waals surface area contributed by atoms with Gasteiger partial charge in [0.2, 0.25) is 0 Å². The topological polar surface area (TPSA) is 52.6 Å². The highest BCUT2D eigenvalue weighted by Gasteiger charge is 2.59. The van der Waals surface area contributed by atoms with Gasteiger partial charge >= 0.3 is 11.9 Å². The molecule has 2 aliphatic carbocycles. The fourth-order valence-corrected chi connectivity index (χ4v) is 6.65. The maximum Gasteiger partial charge on any atom is 0.303 e. The van der Waals surface area contributed by atoms with Crippen LogP contribution in [-0.4, -0.2) is 23.1 Å². The zero-order valence-electron chi connectivity index (χ0n) is 19.0. The summed E-state index contributed by atoms with van der Waals surface area (Å²) < 4.78 is 11.6. The lowest BCUT2D eigenvalue weighted by atomic mass is 9.45. The van der Waals surface area contributed by atoms with Crippen molar-refractivity contribution in [1.82, 2.24) is 0 Å². The average Bonchev–Trinajstić information content (AvgIpc) is 2.51. The Morgan fingerprint density at radius 2 is 1.75 bits per heavy atom. The third kappa shape index (κ3) is 4.46. The second-order valence-electron chi connectivity index (χ2n) is 10.5. The maximum absolute atomic E-state index is 11.9. The molecule has 0 aliphatic heterocycles. The van der Waals surface area contributed by atoms with E-state index in [2.05, 4.69) is 34.3 Å². The highest BCUT2D eigenvalue weighted by Crippen LogP contribution is 2.63. The first kappa shape index (κ1) is 23.0. The monoisotopic (exact) mass is 392 g/mol. The van der Waals surface area contributed by atoms with E-state index >= 15 is 0 Å². The molecule has 28 heavy (non-hydrogen) atoms. The second-order valence-corrected chi connectivity index (χ2v) is 10.5. The van der Waals surface area contributed by atoms with Crippen molar-refractivity contribution in [2.45, 2.75) is 105 Å². The molecule has 0 aromatic heterocycles. The Bertz CT molecular complexity index is 624. The molecule has 0 saturated heterocycles. The smallest absolute Gasteiger partial charge is 0.303 e. The van der Waals surface area contributed by atoms with E-state index in [9.17, 15) is 9.59 Å². The van der Waals surface area contributed by atoms with E-state index in [4.69, 9.17) is 9.47 Å². The lowest BCUT2D eigenvalue weighted by Gasteiger charge is -2.62. The Morgan fingerprint density at radius 1 is 1.11 bits per heavy atom. The molecule has 0 bridgehead atoms. The first-order valence-corrected chi connectivity index (χ1v) is 10.8. The Labute approximate surface area is 171 Å². The number of fused-ring (bicyclic) bond motifs is 1. The summed E-state index contributed by atoms with van der Waals surface area (Å²) in [6, 6.07) is 0. The van der Waals surface area contributed by atoms with Crippen LogP contribution in [-0.2, 0) is 19.1 Å². The summed E-state index contributed by atoms with van der Waals surface area (Å²) in [5.41, 5.74) is -0.789. The minimum Gasteiger partial charge on any atom is -0.459 e. The van der Waals surface area contributed by atoms with Crippen molar-refractivity contribution in [1.29, 1.82) is 0 Å². The van der Waals surface area contributed by atoms with Crippen molar-refractivity contribution >= 4 is 11.9 Å². The van der Waals surface area contributed by atoms with E-state index < -0.39 is 11.2 Å². The van der Waals surface area contributed by atoms with Crippen molar-refractivity contribution in [2.24, 2.45) is 22.7 Å². The van der Waals surface area contributed by atoms with Gasteiger partial charge in [0.05, 0.1) is 0 Å². The fraction of sp³-hybridized carbons (Fsp3) is 0.833. The zero-order chi connectivity index (χ0) is 21.4. The van der Waals surface area contributed by atoms with Crippen molar-refractivity contribution in [2.75, 3.05) is 0 Å². The quantitative estimate of drug-likeness (QED) is 0.421. The van der Waals surface area contributed by atoms with Crippen molar-refractivity contribution in [3.63, 3.8) is 0 Å².